The summed E-state index contributed by atoms with van der Waals surface area (Å²) in [6.45, 7) is 5.07. The minimum absolute atomic E-state index is 0.318. The van der Waals surface area contributed by atoms with Gasteiger partial charge in [0.15, 0.2) is 0 Å². The maximum atomic E-state index is 9.36. The van der Waals surface area contributed by atoms with Crippen LogP contribution in [0.5, 0.6) is 5.75 Å². The van der Waals surface area contributed by atoms with Gasteiger partial charge in [-0.05, 0) is 36.6 Å². The van der Waals surface area contributed by atoms with Crippen LogP contribution in [0, 0.1) is 0 Å². The van der Waals surface area contributed by atoms with Crippen molar-refractivity contribution < 1.29 is 5.11 Å². The minimum atomic E-state index is 0.318. The normalized spacial score (nSPS) is 19.0. The lowest BCUT2D eigenvalue weighted by molar-refractivity contribution is 0.152. The van der Waals surface area contributed by atoms with Crippen LogP contribution in [0.3, 0.4) is 0 Å². The van der Waals surface area contributed by atoms with Gasteiger partial charge in [-0.1, -0.05) is 25.0 Å². The third kappa shape index (κ3) is 4.25. The SMILES string of the molecule is Oc1ccc(CN2CC(Nc3nccc(N4CCCCCC4)n3)C2)cc1. The summed E-state index contributed by atoms with van der Waals surface area (Å²) in [5, 5.41) is 12.8. The van der Waals surface area contributed by atoms with Gasteiger partial charge >= 0.3 is 0 Å². The largest absolute Gasteiger partial charge is 0.508 e. The molecule has 0 saturated carbocycles. The number of likely N-dealkylation sites (tertiary alicyclic amines) is 1. The summed E-state index contributed by atoms with van der Waals surface area (Å²) in [5.74, 6) is 2.10. The molecule has 0 aliphatic carbocycles. The Kier molecular flexibility index (Phi) is 5.20. The number of benzene rings is 1. The van der Waals surface area contributed by atoms with E-state index in [0.29, 0.717) is 11.8 Å². The van der Waals surface area contributed by atoms with Gasteiger partial charge in [-0.25, -0.2) is 4.98 Å². The molecule has 0 bridgehead atoms. The van der Waals surface area contributed by atoms with Crippen LogP contribution >= 0.6 is 0 Å². The van der Waals surface area contributed by atoms with Gasteiger partial charge in [-0.15, -0.1) is 0 Å². The maximum Gasteiger partial charge on any atom is 0.224 e. The van der Waals surface area contributed by atoms with E-state index in [1.54, 1.807) is 12.1 Å². The van der Waals surface area contributed by atoms with E-state index in [2.05, 4.69) is 20.1 Å². The van der Waals surface area contributed by atoms with Gasteiger partial charge in [0.25, 0.3) is 0 Å². The van der Waals surface area contributed by atoms with Crippen molar-refractivity contribution >= 4 is 11.8 Å². The molecule has 0 atom stereocenters. The van der Waals surface area contributed by atoms with Crippen molar-refractivity contribution in [3.63, 3.8) is 0 Å². The average molecular weight is 353 g/mol. The molecule has 138 valence electrons. The summed E-state index contributed by atoms with van der Waals surface area (Å²) in [4.78, 5) is 13.9. The third-order valence-electron chi connectivity index (χ3n) is 5.20. The molecule has 1 aromatic carbocycles. The third-order valence-corrected chi connectivity index (χ3v) is 5.20. The molecule has 0 amide bonds. The minimum Gasteiger partial charge on any atom is -0.508 e. The Morgan fingerprint density at radius 2 is 1.73 bits per heavy atom. The number of nitrogens with zero attached hydrogens (tertiary/aromatic N) is 4. The van der Waals surface area contributed by atoms with Crippen LogP contribution in [0.15, 0.2) is 36.5 Å². The Labute approximate surface area is 154 Å². The molecule has 0 spiro atoms. The maximum absolute atomic E-state index is 9.36. The van der Waals surface area contributed by atoms with Crippen LogP contribution in [0.1, 0.15) is 31.2 Å². The van der Waals surface area contributed by atoms with Crippen molar-refractivity contribution in [3.8, 4) is 5.75 Å². The number of hydrogen-bond acceptors (Lipinski definition) is 6. The zero-order valence-electron chi connectivity index (χ0n) is 15.1. The van der Waals surface area contributed by atoms with Gasteiger partial charge in [0.1, 0.15) is 11.6 Å². The Morgan fingerprint density at radius 3 is 2.46 bits per heavy atom. The number of anilines is 2. The van der Waals surface area contributed by atoms with Gasteiger partial charge in [0, 0.05) is 38.9 Å². The molecule has 0 unspecified atom stereocenters. The van der Waals surface area contributed by atoms with Crippen molar-refractivity contribution in [3.05, 3.63) is 42.1 Å². The fourth-order valence-corrected chi connectivity index (χ4v) is 3.73. The molecular formula is C20H27N5O. The Morgan fingerprint density at radius 1 is 1.00 bits per heavy atom. The number of phenols is 1. The summed E-state index contributed by atoms with van der Waals surface area (Å²) in [6.07, 6.45) is 7.02. The topological polar surface area (TPSA) is 64.5 Å². The quantitative estimate of drug-likeness (QED) is 0.862. The van der Waals surface area contributed by atoms with Crippen LogP contribution in [0.25, 0.3) is 0 Å². The van der Waals surface area contributed by atoms with Crippen LogP contribution < -0.4 is 10.2 Å². The van der Waals surface area contributed by atoms with Crippen LogP contribution in [0.2, 0.25) is 0 Å². The Hall–Kier alpha value is -2.34. The molecule has 2 aliphatic rings. The first kappa shape index (κ1) is 17.1. The smallest absolute Gasteiger partial charge is 0.224 e. The fraction of sp³-hybridized carbons (Fsp3) is 0.500. The molecule has 26 heavy (non-hydrogen) atoms. The summed E-state index contributed by atoms with van der Waals surface area (Å²) in [7, 11) is 0. The second kappa shape index (κ2) is 7.91. The highest BCUT2D eigenvalue weighted by Crippen LogP contribution is 2.20. The van der Waals surface area contributed by atoms with E-state index in [1.807, 2.05) is 24.4 Å². The predicted molar refractivity (Wildman–Crippen MR) is 104 cm³/mol. The fourth-order valence-electron chi connectivity index (χ4n) is 3.73. The number of nitrogens with one attached hydrogen (secondary N) is 1. The Bertz CT molecular complexity index is 706. The number of phenolic OH excluding ortho intramolecular Hbond substituents is 1. The lowest BCUT2D eigenvalue weighted by Gasteiger charge is -2.39. The predicted octanol–water partition coefficient (Wildman–Crippen LogP) is 2.86. The standard InChI is InChI=1S/C20H27N5O/c26-18-7-5-16(6-8-18)13-24-14-17(15-24)22-20-21-10-9-19(23-20)25-11-3-1-2-4-12-25/h5-10,17,26H,1-4,11-15H2,(H,21,22,23). The number of rotatable bonds is 5. The van der Waals surface area contributed by atoms with E-state index in [4.69, 9.17) is 4.98 Å². The first-order valence-electron chi connectivity index (χ1n) is 9.61. The van der Waals surface area contributed by atoms with E-state index in [1.165, 1.54) is 31.2 Å². The number of aromatic nitrogens is 2. The second-order valence-corrected chi connectivity index (χ2v) is 7.34. The van der Waals surface area contributed by atoms with E-state index < -0.39 is 0 Å². The summed E-state index contributed by atoms with van der Waals surface area (Å²) in [6, 6.07) is 9.86. The lowest BCUT2D eigenvalue weighted by atomic mass is 10.1. The molecule has 2 aliphatic heterocycles. The molecule has 0 radical (unpaired) electrons. The first-order chi connectivity index (χ1) is 12.8. The molecule has 3 heterocycles. The van der Waals surface area contributed by atoms with Crippen molar-refractivity contribution in [1.82, 2.24) is 14.9 Å². The zero-order valence-corrected chi connectivity index (χ0v) is 15.1. The van der Waals surface area contributed by atoms with Gasteiger partial charge in [-0.3, -0.25) is 4.90 Å². The van der Waals surface area contributed by atoms with Gasteiger partial charge in [0.05, 0.1) is 6.04 Å². The molecule has 2 aromatic rings. The zero-order chi connectivity index (χ0) is 17.8. The highest BCUT2D eigenvalue weighted by molar-refractivity contribution is 5.43. The monoisotopic (exact) mass is 353 g/mol. The van der Waals surface area contributed by atoms with Crippen molar-refractivity contribution in [2.45, 2.75) is 38.3 Å². The number of aromatic hydroxyl groups is 1. The molecule has 2 N–H and O–H groups in total. The molecule has 6 nitrogen and oxygen atoms in total. The van der Waals surface area contributed by atoms with Gasteiger partial charge < -0.3 is 15.3 Å². The van der Waals surface area contributed by atoms with Crippen molar-refractivity contribution in [2.24, 2.45) is 0 Å². The molecule has 6 heteroatoms. The van der Waals surface area contributed by atoms with E-state index in [0.717, 1.165) is 44.5 Å². The average Bonchev–Trinajstić information content (AvgIpc) is 2.91. The summed E-state index contributed by atoms with van der Waals surface area (Å²) >= 11 is 0. The highest BCUT2D eigenvalue weighted by atomic mass is 16.3. The molecule has 2 fully saturated rings. The number of hydrogen-bond donors (Lipinski definition) is 2. The van der Waals surface area contributed by atoms with Gasteiger partial charge in [-0.2, -0.15) is 4.98 Å². The summed E-state index contributed by atoms with van der Waals surface area (Å²) < 4.78 is 0. The second-order valence-electron chi connectivity index (χ2n) is 7.34. The summed E-state index contributed by atoms with van der Waals surface area (Å²) in [5.41, 5.74) is 1.22. The highest BCUT2D eigenvalue weighted by Gasteiger charge is 2.27. The lowest BCUT2D eigenvalue weighted by Crippen LogP contribution is -2.54. The van der Waals surface area contributed by atoms with Crippen LogP contribution in [-0.2, 0) is 6.54 Å². The van der Waals surface area contributed by atoms with Crippen molar-refractivity contribution in [1.29, 1.82) is 0 Å². The van der Waals surface area contributed by atoms with E-state index >= 15 is 0 Å². The van der Waals surface area contributed by atoms with Gasteiger partial charge in [0.2, 0.25) is 5.95 Å². The molecule has 1 aromatic heterocycles. The molecular weight excluding hydrogens is 326 g/mol. The molecule has 4 rings (SSSR count). The van der Waals surface area contributed by atoms with E-state index in [9.17, 15) is 5.11 Å². The Balaban J connectivity index is 1.28. The van der Waals surface area contributed by atoms with Crippen LogP contribution in [0.4, 0.5) is 11.8 Å². The van der Waals surface area contributed by atoms with Crippen LogP contribution in [-0.4, -0.2) is 52.2 Å². The first-order valence-corrected chi connectivity index (χ1v) is 9.61. The van der Waals surface area contributed by atoms with Crippen molar-refractivity contribution in [2.75, 3.05) is 36.4 Å². The van der Waals surface area contributed by atoms with E-state index in [-0.39, 0.29) is 0 Å². The molecule has 2 saturated heterocycles.